The van der Waals surface area contributed by atoms with Gasteiger partial charge in [-0.3, -0.25) is 4.79 Å². The molecule has 4 rings (SSSR count). The summed E-state index contributed by atoms with van der Waals surface area (Å²) in [6.45, 7) is 8.19. The number of piperazine rings is 1. The number of anilines is 1. The molecule has 0 atom stereocenters. The first-order valence-electron chi connectivity index (χ1n) is 9.70. The van der Waals surface area contributed by atoms with Gasteiger partial charge in [-0.1, -0.05) is 0 Å². The molecule has 152 valence electrons. The molecular formula is C21H25N5O2S. The Bertz CT molecular complexity index is 1000. The first kappa shape index (κ1) is 19.6. The molecule has 8 heteroatoms. The van der Waals surface area contributed by atoms with Crippen LogP contribution in [-0.2, 0) is 6.54 Å². The highest BCUT2D eigenvalue weighted by atomic mass is 32.1. The van der Waals surface area contributed by atoms with Crippen molar-refractivity contribution in [3.8, 4) is 10.8 Å². The summed E-state index contributed by atoms with van der Waals surface area (Å²) in [6.07, 6.45) is 1.81. The predicted molar refractivity (Wildman–Crippen MR) is 114 cm³/mol. The van der Waals surface area contributed by atoms with Gasteiger partial charge < -0.3 is 19.5 Å². The molecule has 7 nitrogen and oxygen atoms in total. The molecule has 0 spiro atoms. The van der Waals surface area contributed by atoms with Gasteiger partial charge in [0, 0.05) is 38.9 Å². The predicted octanol–water partition coefficient (Wildman–Crippen LogP) is 3.10. The number of carbonyl (C=O) groups excluding carboxylic acids is 1. The topological polar surface area (TPSA) is 74.5 Å². The summed E-state index contributed by atoms with van der Waals surface area (Å²) in [6, 6.07) is 7.78. The minimum atomic E-state index is -0.118. The van der Waals surface area contributed by atoms with Crippen molar-refractivity contribution in [2.75, 3.05) is 38.1 Å². The van der Waals surface area contributed by atoms with Crippen LogP contribution in [0.5, 0.6) is 0 Å². The van der Waals surface area contributed by atoms with Gasteiger partial charge in [-0.15, -0.1) is 11.3 Å². The molecule has 0 aliphatic carbocycles. The van der Waals surface area contributed by atoms with Crippen LogP contribution in [0.25, 0.3) is 10.8 Å². The van der Waals surface area contributed by atoms with E-state index in [2.05, 4.69) is 38.2 Å². The van der Waals surface area contributed by atoms with E-state index in [1.54, 1.807) is 0 Å². The van der Waals surface area contributed by atoms with E-state index in [0.29, 0.717) is 22.9 Å². The highest BCUT2D eigenvalue weighted by molar-refractivity contribution is 7.17. The number of aromatic nitrogens is 2. The summed E-state index contributed by atoms with van der Waals surface area (Å²) in [4.78, 5) is 26.9. The largest absolute Gasteiger partial charge is 0.459 e. The Kier molecular flexibility index (Phi) is 5.64. The van der Waals surface area contributed by atoms with Crippen LogP contribution in [0.15, 0.2) is 34.9 Å². The first-order valence-corrected chi connectivity index (χ1v) is 10.5. The Morgan fingerprint density at radius 3 is 2.72 bits per heavy atom. The molecule has 1 aliphatic rings. The maximum atomic E-state index is 12.7. The van der Waals surface area contributed by atoms with E-state index in [1.807, 2.05) is 38.2 Å². The minimum absolute atomic E-state index is 0.118. The molecule has 0 bridgehead atoms. The molecule has 0 saturated carbocycles. The lowest BCUT2D eigenvalue weighted by atomic mass is 10.2. The molecule has 29 heavy (non-hydrogen) atoms. The Hall–Kier alpha value is -2.71. The normalized spacial score (nSPS) is 14.9. The number of thiazole rings is 1. The molecule has 1 fully saturated rings. The SMILES string of the molecule is Cc1ccc(-c2nc(C)c(C(=O)NCc3ccnc(N4CCN(C)CC4)c3)s2)o1. The van der Waals surface area contributed by atoms with Gasteiger partial charge in [0.1, 0.15) is 16.5 Å². The van der Waals surface area contributed by atoms with Crippen LogP contribution in [0.1, 0.15) is 26.7 Å². The Balaban J connectivity index is 1.41. The first-order chi connectivity index (χ1) is 14.0. The van der Waals surface area contributed by atoms with Crippen molar-refractivity contribution >= 4 is 23.1 Å². The van der Waals surface area contributed by atoms with E-state index in [1.165, 1.54) is 11.3 Å². The van der Waals surface area contributed by atoms with Gasteiger partial charge in [0.2, 0.25) is 0 Å². The average Bonchev–Trinajstić information content (AvgIpc) is 3.32. The zero-order chi connectivity index (χ0) is 20.4. The third-order valence-electron chi connectivity index (χ3n) is 5.04. The second-order valence-electron chi connectivity index (χ2n) is 7.34. The number of nitrogens with zero attached hydrogens (tertiary/aromatic N) is 4. The second-order valence-corrected chi connectivity index (χ2v) is 8.34. The second kappa shape index (κ2) is 8.34. The Morgan fingerprint density at radius 2 is 2.00 bits per heavy atom. The summed E-state index contributed by atoms with van der Waals surface area (Å²) in [5.41, 5.74) is 1.75. The summed E-state index contributed by atoms with van der Waals surface area (Å²) in [5.74, 6) is 2.37. The van der Waals surface area contributed by atoms with Gasteiger partial charge in [0.15, 0.2) is 10.8 Å². The maximum absolute atomic E-state index is 12.7. The van der Waals surface area contributed by atoms with Gasteiger partial charge in [0.25, 0.3) is 5.91 Å². The van der Waals surface area contributed by atoms with E-state index < -0.39 is 0 Å². The van der Waals surface area contributed by atoms with Crippen LogP contribution in [0.4, 0.5) is 5.82 Å². The van der Waals surface area contributed by atoms with Crippen LogP contribution in [-0.4, -0.2) is 54.0 Å². The minimum Gasteiger partial charge on any atom is -0.459 e. The van der Waals surface area contributed by atoms with Crippen LogP contribution < -0.4 is 10.2 Å². The van der Waals surface area contributed by atoms with E-state index in [4.69, 9.17) is 4.42 Å². The van der Waals surface area contributed by atoms with E-state index >= 15 is 0 Å². The fourth-order valence-corrected chi connectivity index (χ4v) is 4.25. The number of nitrogens with one attached hydrogen (secondary N) is 1. The highest BCUT2D eigenvalue weighted by Crippen LogP contribution is 2.29. The third-order valence-corrected chi connectivity index (χ3v) is 6.21. The van der Waals surface area contributed by atoms with Crippen molar-refractivity contribution < 1.29 is 9.21 Å². The lowest BCUT2D eigenvalue weighted by Gasteiger charge is -2.33. The average molecular weight is 412 g/mol. The zero-order valence-corrected chi connectivity index (χ0v) is 17.8. The van der Waals surface area contributed by atoms with E-state index in [9.17, 15) is 4.79 Å². The number of furan rings is 1. The van der Waals surface area contributed by atoms with Crippen molar-refractivity contribution in [3.05, 3.63) is 52.4 Å². The summed E-state index contributed by atoms with van der Waals surface area (Å²) < 4.78 is 5.63. The van der Waals surface area contributed by atoms with E-state index in [-0.39, 0.29) is 5.91 Å². The lowest BCUT2D eigenvalue weighted by Crippen LogP contribution is -2.44. The van der Waals surface area contributed by atoms with Crippen LogP contribution >= 0.6 is 11.3 Å². The zero-order valence-electron chi connectivity index (χ0n) is 16.9. The van der Waals surface area contributed by atoms with Gasteiger partial charge in [-0.25, -0.2) is 9.97 Å². The standard InChI is InChI=1S/C21H25N5O2S/c1-14-4-5-17(28-14)21-24-15(2)19(29-21)20(27)23-13-16-6-7-22-18(12-16)26-10-8-25(3)9-11-26/h4-7,12H,8-11,13H2,1-3H3,(H,23,27). The number of hydrogen-bond donors (Lipinski definition) is 1. The molecule has 1 aliphatic heterocycles. The smallest absolute Gasteiger partial charge is 0.263 e. The molecule has 0 radical (unpaired) electrons. The number of amides is 1. The number of rotatable bonds is 5. The van der Waals surface area contributed by atoms with Gasteiger partial charge in [0.05, 0.1) is 5.69 Å². The fourth-order valence-electron chi connectivity index (χ4n) is 3.30. The summed E-state index contributed by atoms with van der Waals surface area (Å²) in [7, 11) is 2.14. The van der Waals surface area contributed by atoms with Crippen molar-refractivity contribution in [2.24, 2.45) is 0 Å². The summed E-state index contributed by atoms with van der Waals surface area (Å²) >= 11 is 1.35. The van der Waals surface area contributed by atoms with Crippen molar-refractivity contribution in [1.82, 2.24) is 20.2 Å². The molecule has 1 N–H and O–H groups in total. The number of likely N-dealkylation sites (N-methyl/N-ethyl adjacent to an activating group) is 1. The van der Waals surface area contributed by atoms with Crippen LogP contribution in [0.3, 0.4) is 0 Å². The quantitative estimate of drug-likeness (QED) is 0.695. The molecule has 0 unspecified atom stereocenters. The fraction of sp³-hybridized carbons (Fsp3) is 0.381. The number of aryl methyl sites for hydroxylation is 2. The monoisotopic (exact) mass is 411 g/mol. The molecule has 1 amide bonds. The van der Waals surface area contributed by atoms with Crippen molar-refractivity contribution in [1.29, 1.82) is 0 Å². The van der Waals surface area contributed by atoms with E-state index in [0.717, 1.165) is 48.3 Å². The lowest BCUT2D eigenvalue weighted by molar-refractivity contribution is 0.0954. The molecular weight excluding hydrogens is 386 g/mol. The maximum Gasteiger partial charge on any atom is 0.263 e. The third kappa shape index (κ3) is 4.49. The van der Waals surface area contributed by atoms with Crippen molar-refractivity contribution in [3.63, 3.8) is 0 Å². The van der Waals surface area contributed by atoms with Crippen LogP contribution in [0.2, 0.25) is 0 Å². The summed E-state index contributed by atoms with van der Waals surface area (Å²) in [5, 5.41) is 3.73. The number of hydrogen-bond acceptors (Lipinski definition) is 7. The molecule has 3 aromatic heterocycles. The molecule has 0 aromatic carbocycles. The Labute approximate surface area is 174 Å². The molecule has 1 saturated heterocycles. The molecule has 4 heterocycles. The van der Waals surface area contributed by atoms with Crippen molar-refractivity contribution in [2.45, 2.75) is 20.4 Å². The number of carbonyl (C=O) groups is 1. The van der Waals surface area contributed by atoms with Gasteiger partial charge >= 0.3 is 0 Å². The van der Waals surface area contributed by atoms with Gasteiger partial charge in [-0.05, 0) is 50.7 Å². The highest BCUT2D eigenvalue weighted by Gasteiger charge is 2.18. The Morgan fingerprint density at radius 1 is 1.21 bits per heavy atom. The van der Waals surface area contributed by atoms with Gasteiger partial charge in [-0.2, -0.15) is 0 Å². The van der Waals surface area contributed by atoms with Crippen LogP contribution in [0, 0.1) is 13.8 Å². The number of pyridine rings is 1. The molecule has 3 aromatic rings.